The molecule has 2 unspecified atom stereocenters. The fourth-order valence-corrected chi connectivity index (χ4v) is 4.23. The van der Waals surface area contributed by atoms with Crippen LogP contribution in [-0.4, -0.2) is 17.5 Å². The summed E-state index contributed by atoms with van der Waals surface area (Å²) >= 11 is 3.48. The quantitative estimate of drug-likeness (QED) is 0.827. The molecule has 1 aliphatic carbocycles. The molecule has 2 nitrogen and oxygen atoms in total. The molecular formula is C16H23BrN2. The number of nitrogen functional groups attached to an aromatic ring is 1. The van der Waals surface area contributed by atoms with E-state index in [9.17, 15) is 0 Å². The van der Waals surface area contributed by atoms with Crippen molar-refractivity contribution in [3.05, 3.63) is 28.2 Å². The molecule has 0 spiro atoms. The van der Waals surface area contributed by atoms with E-state index in [4.69, 9.17) is 5.73 Å². The summed E-state index contributed by atoms with van der Waals surface area (Å²) in [6, 6.07) is 7.11. The van der Waals surface area contributed by atoms with Crippen LogP contribution < -0.4 is 5.73 Å². The maximum atomic E-state index is 6.15. The van der Waals surface area contributed by atoms with Crippen LogP contribution in [0.2, 0.25) is 0 Å². The molecule has 1 saturated carbocycles. The minimum absolute atomic E-state index is 0.811. The van der Waals surface area contributed by atoms with Gasteiger partial charge in [0.05, 0.1) is 0 Å². The van der Waals surface area contributed by atoms with Crippen molar-refractivity contribution in [3.8, 4) is 0 Å². The Morgan fingerprint density at radius 1 is 1.16 bits per heavy atom. The van der Waals surface area contributed by atoms with Crippen molar-refractivity contribution in [2.75, 3.05) is 12.3 Å². The molecule has 104 valence electrons. The van der Waals surface area contributed by atoms with E-state index in [-0.39, 0.29) is 0 Å². The van der Waals surface area contributed by atoms with Crippen LogP contribution in [-0.2, 0) is 6.54 Å². The van der Waals surface area contributed by atoms with Crippen LogP contribution in [0, 0.1) is 5.92 Å². The first-order chi connectivity index (χ1) is 9.24. The highest BCUT2D eigenvalue weighted by atomic mass is 79.9. The summed E-state index contributed by atoms with van der Waals surface area (Å²) < 4.78 is 1.07. The fourth-order valence-electron chi connectivity index (χ4n) is 3.85. The van der Waals surface area contributed by atoms with Gasteiger partial charge >= 0.3 is 0 Å². The lowest BCUT2D eigenvalue weighted by atomic mass is 9.78. The zero-order valence-electron chi connectivity index (χ0n) is 11.4. The summed E-state index contributed by atoms with van der Waals surface area (Å²) in [5, 5.41) is 0. The summed E-state index contributed by atoms with van der Waals surface area (Å²) in [6.07, 6.45) is 8.48. The van der Waals surface area contributed by atoms with E-state index in [1.165, 1.54) is 50.6 Å². The molecule has 0 bridgehead atoms. The van der Waals surface area contributed by atoms with Crippen molar-refractivity contribution < 1.29 is 0 Å². The van der Waals surface area contributed by atoms with Gasteiger partial charge in [0.25, 0.3) is 0 Å². The van der Waals surface area contributed by atoms with Crippen LogP contribution in [0.15, 0.2) is 22.7 Å². The lowest BCUT2D eigenvalue weighted by Crippen LogP contribution is -2.46. The molecule has 1 aromatic carbocycles. The lowest BCUT2D eigenvalue weighted by Gasteiger charge is -2.44. The summed E-state index contributed by atoms with van der Waals surface area (Å²) in [4.78, 5) is 2.69. The minimum Gasteiger partial charge on any atom is -0.398 e. The molecule has 0 amide bonds. The molecule has 1 aliphatic heterocycles. The van der Waals surface area contributed by atoms with Crippen LogP contribution in [0.1, 0.15) is 44.1 Å². The first kappa shape index (κ1) is 13.4. The smallest absolute Gasteiger partial charge is 0.0371 e. The predicted molar refractivity (Wildman–Crippen MR) is 83.9 cm³/mol. The number of fused-ring (bicyclic) bond motifs is 1. The average Bonchev–Trinajstić information content (AvgIpc) is 2.42. The molecule has 0 aromatic heterocycles. The van der Waals surface area contributed by atoms with Crippen LogP contribution in [0.3, 0.4) is 0 Å². The molecule has 2 aliphatic rings. The van der Waals surface area contributed by atoms with Gasteiger partial charge in [0.1, 0.15) is 0 Å². The summed E-state index contributed by atoms with van der Waals surface area (Å²) in [6.45, 7) is 2.27. The maximum absolute atomic E-state index is 6.15. The Kier molecular flexibility index (Phi) is 4.13. The van der Waals surface area contributed by atoms with Gasteiger partial charge in [0.15, 0.2) is 0 Å². The molecule has 19 heavy (non-hydrogen) atoms. The van der Waals surface area contributed by atoms with Crippen molar-refractivity contribution in [2.24, 2.45) is 5.92 Å². The van der Waals surface area contributed by atoms with Gasteiger partial charge in [-0.05, 0) is 55.8 Å². The van der Waals surface area contributed by atoms with E-state index in [0.717, 1.165) is 28.7 Å². The third kappa shape index (κ3) is 2.97. The van der Waals surface area contributed by atoms with Crippen LogP contribution in [0.5, 0.6) is 0 Å². The van der Waals surface area contributed by atoms with Gasteiger partial charge in [-0.3, -0.25) is 4.90 Å². The highest BCUT2D eigenvalue weighted by Gasteiger charge is 2.33. The molecule has 2 fully saturated rings. The highest BCUT2D eigenvalue weighted by Crippen LogP contribution is 2.36. The Morgan fingerprint density at radius 3 is 2.79 bits per heavy atom. The lowest BCUT2D eigenvalue weighted by molar-refractivity contribution is 0.0548. The van der Waals surface area contributed by atoms with Crippen molar-refractivity contribution in [3.63, 3.8) is 0 Å². The van der Waals surface area contributed by atoms with Crippen LogP contribution >= 0.6 is 15.9 Å². The minimum atomic E-state index is 0.811. The number of rotatable bonds is 2. The topological polar surface area (TPSA) is 29.3 Å². The van der Waals surface area contributed by atoms with Crippen molar-refractivity contribution in [1.82, 2.24) is 4.90 Å². The zero-order valence-corrected chi connectivity index (χ0v) is 13.0. The summed E-state index contributed by atoms with van der Waals surface area (Å²) in [7, 11) is 0. The van der Waals surface area contributed by atoms with Crippen molar-refractivity contribution in [2.45, 2.75) is 51.1 Å². The second-order valence-electron chi connectivity index (χ2n) is 6.07. The summed E-state index contributed by atoms with van der Waals surface area (Å²) in [5.41, 5.74) is 8.36. The zero-order chi connectivity index (χ0) is 13.2. The first-order valence-corrected chi connectivity index (χ1v) is 8.31. The maximum Gasteiger partial charge on any atom is 0.0371 e. The van der Waals surface area contributed by atoms with Crippen molar-refractivity contribution >= 4 is 21.6 Å². The van der Waals surface area contributed by atoms with E-state index >= 15 is 0 Å². The molecule has 1 saturated heterocycles. The molecular weight excluding hydrogens is 300 g/mol. The number of hydrogen-bond acceptors (Lipinski definition) is 2. The van der Waals surface area contributed by atoms with Crippen LogP contribution in [0.25, 0.3) is 0 Å². The molecule has 3 rings (SSSR count). The number of nitrogens with two attached hydrogens (primary N) is 1. The van der Waals surface area contributed by atoms with Gasteiger partial charge in [-0.15, -0.1) is 0 Å². The molecule has 1 aromatic rings. The molecule has 1 heterocycles. The van der Waals surface area contributed by atoms with Crippen LogP contribution in [0.4, 0.5) is 5.69 Å². The SMILES string of the molecule is Nc1cc(Br)ccc1CN1CCCC2CCCCC21. The van der Waals surface area contributed by atoms with Gasteiger partial charge in [-0.2, -0.15) is 0 Å². The fraction of sp³-hybridized carbons (Fsp3) is 0.625. The van der Waals surface area contributed by atoms with Gasteiger partial charge in [0, 0.05) is 22.7 Å². The third-order valence-electron chi connectivity index (χ3n) is 4.84. The molecule has 3 heteroatoms. The average molecular weight is 323 g/mol. The second kappa shape index (κ2) is 5.84. The number of hydrogen-bond donors (Lipinski definition) is 1. The number of piperidine rings is 1. The largest absolute Gasteiger partial charge is 0.398 e. The van der Waals surface area contributed by atoms with Gasteiger partial charge < -0.3 is 5.73 Å². The number of benzene rings is 1. The first-order valence-electron chi connectivity index (χ1n) is 7.52. The normalized spacial score (nSPS) is 28.1. The standard InChI is InChI=1S/C16H23BrN2/c17-14-8-7-13(15(18)10-14)11-19-9-3-5-12-4-1-2-6-16(12)19/h7-8,10,12,16H,1-6,9,11,18H2. The summed E-state index contributed by atoms with van der Waals surface area (Å²) in [5.74, 6) is 0.944. The van der Waals surface area contributed by atoms with Crippen molar-refractivity contribution in [1.29, 1.82) is 0 Å². The van der Waals surface area contributed by atoms with Gasteiger partial charge in [-0.1, -0.05) is 34.8 Å². The Balaban J connectivity index is 1.74. The monoisotopic (exact) mass is 322 g/mol. The predicted octanol–water partition coefficient (Wildman–Crippen LogP) is 4.19. The number of likely N-dealkylation sites (tertiary alicyclic amines) is 1. The molecule has 2 N–H and O–H groups in total. The number of halogens is 1. The van der Waals surface area contributed by atoms with E-state index in [1.807, 2.05) is 6.07 Å². The Bertz CT molecular complexity index is 444. The Hall–Kier alpha value is -0.540. The Labute approximate surface area is 124 Å². The van der Waals surface area contributed by atoms with E-state index in [1.54, 1.807) is 0 Å². The number of anilines is 1. The van der Waals surface area contributed by atoms with E-state index in [2.05, 4.69) is 33.0 Å². The second-order valence-corrected chi connectivity index (χ2v) is 6.98. The third-order valence-corrected chi connectivity index (χ3v) is 5.33. The Morgan fingerprint density at radius 2 is 1.95 bits per heavy atom. The van der Waals surface area contributed by atoms with Gasteiger partial charge in [-0.25, -0.2) is 0 Å². The van der Waals surface area contributed by atoms with E-state index in [0.29, 0.717) is 0 Å². The number of nitrogens with zero attached hydrogens (tertiary/aromatic N) is 1. The highest BCUT2D eigenvalue weighted by molar-refractivity contribution is 9.10. The van der Waals surface area contributed by atoms with Gasteiger partial charge in [0.2, 0.25) is 0 Å². The molecule has 2 atom stereocenters. The van der Waals surface area contributed by atoms with E-state index < -0.39 is 0 Å². The molecule has 0 radical (unpaired) electrons.